The Kier molecular flexibility index (Phi) is 3.34. The third-order valence-corrected chi connectivity index (χ3v) is 3.88. The van der Waals surface area contributed by atoms with Gasteiger partial charge < -0.3 is 5.32 Å². The predicted octanol–water partition coefficient (Wildman–Crippen LogP) is 3.62. The standard InChI is InChI=1S/C17H20N2/c1-12-4-3-5-17(13(12)2)15-8-14(9-18-11-15)10-19-16-6-7-16/h3-5,8-9,11,16,19H,6-7,10H2,1-2H3. The fraction of sp³-hybridized carbons (Fsp3) is 0.353. The SMILES string of the molecule is Cc1cccc(-c2cncc(CNC3CC3)c2)c1C. The van der Waals surface area contributed by atoms with Gasteiger partial charge in [0.25, 0.3) is 0 Å². The van der Waals surface area contributed by atoms with Crippen LogP contribution in [-0.4, -0.2) is 11.0 Å². The van der Waals surface area contributed by atoms with Gasteiger partial charge in [0.1, 0.15) is 0 Å². The molecule has 1 aliphatic carbocycles. The van der Waals surface area contributed by atoms with E-state index in [2.05, 4.69) is 48.4 Å². The van der Waals surface area contributed by atoms with Gasteiger partial charge in [-0.25, -0.2) is 0 Å². The number of hydrogen-bond acceptors (Lipinski definition) is 2. The van der Waals surface area contributed by atoms with Crippen LogP contribution in [0.15, 0.2) is 36.7 Å². The first kappa shape index (κ1) is 12.4. The lowest BCUT2D eigenvalue weighted by Crippen LogP contribution is -2.15. The Morgan fingerprint density at radius 3 is 2.84 bits per heavy atom. The van der Waals surface area contributed by atoms with Gasteiger partial charge in [-0.05, 0) is 55.0 Å². The monoisotopic (exact) mass is 252 g/mol. The molecule has 0 radical (unpaired) electrons. The van der Waals surface area contributed by atoms with Gasteiger partial charge in [0.05, 0.1) is 0 Å². The van der Waals surface area contributed by atoms with Crippen LogP contribution in [0.2, 0.25) is 0 Å². The highest BCUT2D eigenvalue weighted by molar-refractivity contribution is 5.68. The van der Waals surface area contributed by atoms with Crippen molar-refractivity contribution in [3.8, 4) is 11.1 Å². The minimum Gasteiger partial charge on any atom is -0.310 e. The zero-order chi connectivity index (χ0) is 13.2. The molecular formula is C17H20N2. The number of rotatable bonds is 4. The van der Waals surface area contributed by atoms with Crippen molar-refractivity contribution in [1.82, 2.24) is 10.3 Å². The summed E-state index contributed by atoms with van der Waals surface area (Å²) < 4.78 is 0. The molecule has 2 heteroatoms. The van der Waals surface area contributed by atoms with Crippen molar-refractivity contribution in [2.45, 2.75) is 39.3 Å². The molecule has 1 N–H and O–H groups in total. The fourth-order valence-electron chi connectivity index (χ4n) is 2.35. The Morgan fingerprint density at radius 1 is 1.21 bits per heavy atom. The zero-order valence-corrected chi connectivity index (χ0v) is 11.6. The minimum atomic E-state index is 0.740. The van der Waals surface area contributed by atoms with Crippen LogP contribution in [0.5, 0.6) is 0 Å². The van der Waals surface area contributed by atoms with Crippen molar-refractivity contribution in [2.24, 2.45) is 0 Å². The molecule has 1 saturated carbocycles. The third-order valence-electron chi connectivity index (χ3n) is 3.88. The Bertz CT molecular complexity index is 586. The van der Waals surface area contributed by atoms with E-state index < -0.39 is 0 Å². The molecule has 1 fully saturated rings. The van der Waals surface area contributed by atoms with E-state index in [9.17, 15) is 0 Å². The van der Waals surface area contributed by atoms with Crippen LogP contribution in [0, 0.1) is 13.8 Å². The Hall–Kier alpha value is -1.67. The van der Waals surface area contributed by atoms with Crippen molar-refractivity contribution >= 4 is 0 Å². The average Bonchev–Trinajstić information content (AvgIpc) is 3.24. The maximum atomic E-state index is 4.39. The smallest absolute Gasteiger partial charge is 0.0346 e. The molecule has 1 heterocycles. The van der Waals surface area contributed by atoms with Crippen molar-refractivity contribution in [3.63, 3.8) is 0 Å². The first-order chi connectivity index (χ1) is 9.24. The number of aryl methyl sites for hydroxylation is 1. The Morgan fingerprint density at radius 2 is 2.05 bits per heavy atom. The van der Waals surface area contributed by atoms with Crippen molar-refractivity contribution < 1.29 is 0 Å². The summed E-state index contributed by atoms with van der Waals surface area (Å²) in [7, 11) is 0. The van der Waals surface area contributed by atoms with E-state index in [4.69, 9.17) is 0 Å². The topological polar surface area (TPSA) is 24.9 Å². The quantitative estimate of drug-likeness (QED) is 0.899. The first-order valence-corrected chi connectivity index (χ1v) is 6.98. The predicted molar refractivity (Wildman–Crippen MR) is 79.0 cm³/mol. The summed E-state index contributed by atoms with van der Waals surface area (Å²) >= 11 is 0. The number of hydrogen-bond donors (Lipinski definition) is 1. The van der Waals surface area contributed by atoms with Gasteiger partial charge in [-0.1, -0.05) is 18.2 Å². The third kappa shape index (κ3) is 2.85. The van der Waals surface area contributed by atoms with Gasteiger partial charge in [0.15, 0.2) is 0 Å². The molecule has 2 aromatic rings. The van der Waals surface area contributed by atoms with E-state index >= 15 is 0 Å². The summed E-state index contributed by atoms with van der Waals surface area (Å²) in [5.74, 6) is 0. The lowest BCUT2D eigenvalue weighted by Gasteiger charge is -2.10. The van der Waals surface area contributed by atoms with Crippen LogP contribution in [0.1, 0.15) is 29.5 Å². The highest BCUT2D eigenvalue weighted by atomic mass is 14.9. The van der Waals surface area contributed by atoms with Gasteiger partial charge in [-0.15, -0.1) is 0 Å². The van der Waals surface area contributed by atoms with E-state index in [0.29, 0.717) is 0 Å². The maximum absolute atomic E-state index is 4.39. The number of nitrogens with one attached hydrogen (secondary N) is 1. The number of pyridine rings is 1. The molecule has 3 rings (SSSR count). The summed E-state index contributed by atoms with van der Waals surface area (Å²) in [5.41, 5.74) is 6.46. The second-order valence-electron chi connectivity index (χ2n) is 5.48. The van der Waals surface area contributed by atoms with Gasteiger partial charge in [0.2, 0.25) is 0 Å². The largest absolute Gasteiger partial charge is 0.310 e. The molecule has 98 valence electrons. The number of benzene rings is 1. The maximum Gasteiger partial charge on any atom is 0.0346 e. The Labute approximate surface area is 114 Å². The summed E-state index contributed by atoms with van der Waals surface area (Å²) in [6.45, 7) is 5.26. The molecule has 0 amide bonds. The molecule has 2 nitrogen and oxygen atoms in total. The highest BCUT2D eigenvalue weighted by Crippen LogP contribution is 2.26. The normalized spacial score (nSPS) is 14.6. The molecule has 19 heavy (non-hydrogen) atoms. The van der Waals surface area contributed by atoms with Gasteiger partial charge in [0, 0.05) is 30.5 Å². The van der Waals surface area contributed by atoms with Gasteiger partial charge in [-0.3, -0.25) is 4.98 Å². The van der Waals surface area contributed by atoms with Crippen LogP contribution in [0.4, 0.5) is 0 Å². The van der Waals surface area contributed by atoms with E-state index in [1.165, 1.54) is 40.7 Å². The van der Waals surface area contributed by atoms with Crippen LogP contribution < -0.4 is 5.32 Å². The van der Waals surface area contributed by atoms with Crippen LogP contribution in [-0.2, 0) is 6.54 Å². The molecule has 0 bridgehead atoms. The molecule has 0 unspecified atom stereocenters. The number of aromatic nitrogens is 1. The molecule has 1 aromatic heterocycles. The Balaban J connectivity index is 1.86. The van der Waals surface area contributed by atoms with Crippen molar-refractivity contribution in [3.05, 3.63) is 53.3 Å². The van der Waals surface area contributed by atoms with Crippen molar-refractivity contribution in [2.75, 3.05) is 0 Å². The second kappa shape index (κ2) is 5.14. The van der Waals surface area contributed by atoms with Crippen LogP contribution >= 0.6 is 0 Å². The molecule has 0 aliphatic heterocycles. The molecule has 1 aromatic carbocycles. The lowest BCUT2D eigenvalue weighted by molar-refractivity contribution is 0.686. The average molecular weight is 252 g/mol. The molecule has 0 spiro atoms. The first-order valence-electron chi connectivity index (χ1n) is 6.98. The summed E-state index contributed by atoms with van der Waals surface area (Å²) in [4.78, 5) is 4.39. The summed E-state index contributed by atoms with van der Waals surface area (Å²) in [5, 5.41) is 3.54. The van der Waals surface area contributed by atoms with E-state index in [1.54, 1.807) is 0 Å². The summed E-state index contributed by atoms with van der Waals surface area (Å²) in [6.07, 6.45) is 6.57. The molecular weight excluding hydrogens is 232 g/mol. The second-order valence-corrected chi connectivity index (χ2v) is 5.48. The molecule has 0 saturated heterocycles. The van der Waals surface area contributed by atoms with Gasteiger partial charge >= 0.3 is 0 Å². The lowest BCUT2D eigenvalue weighted by atomic mass is 9.97. The minimum absolute atomic E-state index is 0.740. The zero-order valence-electron chi connectivity index (χ0n) is 11.6. The number of nitrogens with zero attached hydrogens (tertiary/aromatic N) is 1. The molecule has 0 atom stereocenters. The van der Waals surface area contributed by atoms with Crippen LogP contribution in [0.25, 0.3) is 11.1 Å². The summed E-state index contributed by atoms with van der Waals surface area (Å²) in [6, 6.07) is 9.45. The highest BCUT2D eigenvalue weighted by Gasteiger charge is 2.20. The fourth-order valence-corrected chi connectivity index (χ4v) is 2.35. The van der Waals surface area contributed by atoms with E-state index in [1.807, 2.05) is 12.4 Å². The van der Waals surface area contributed by atoms with Crippen molar-refractivity contribution in [1.29, 1.82) is 0 Å². The molecule has 1 aliphatic rings. The van der Waals surface area contributed by atoms with Crippen LogP contribution in [0.3, 0.4) is 0 Å². The van der Waals surface area contributed by atoms with E-state index in [-0.39, 0.29) is 0 Å². The van der Waals surface area contributed by atoms with Gasteiger partial charge in [-0.2, -0.15) is 0 Å². The van der Waals surface area contributed by atoms with E-state index in [0.717, 1.165) is 12.6 Å².